The van der Waals surface area contributed by atoms with Crippen molar-refractivity contribution in [2.45, 2.75) is 32.0 Å². The topological polar surface area (TPSA) is 85.2 Å². The molecule has 1 aromatic rings. The third kappa shape index (κ3) is 3.37. The highest BCUT2D eigenvalue weighted by Gasteiger charge is 2.34. The summed E-state index contributed by atoms with van der Waals surface area (Å²) in [5, 5.41) is 0. The zero-order chi connectivity index (χ0) is 15.8. The summed E-state index contributed by atoms with van der Waals surface area (Å²) in [5.74, 6) is -0.917. The second kappa shape index (κ2) is 5.42. The lowest BCUT2D eigenvalue weighted by Crippen LogP contribution is -2.46. The van der Waals surface area contributed by atoms with E-state index in [2.05, 4.69) is 4.98 Å². The molecular formula is C13H17F3N4O. The van der Waals surface area contributed by atoms with Gasteiger partial charge in [0.05, 0.1) is 11.5 Å². The SMILES string of the molecule is CC1CCC(C(N)=O)CN1c1cc(C(F)(F)F)cc(N)n1. The van der Waals surface area contributed by atoms with Crippen LogP contribution in [-0.2, 0) is 11.0 Å². The number of piperidine rings is 1. The first kappa shape index (κ1) is 15.4. The number of hydrogen-bond donors (Lipinski definition) is 2. The molecular weight excluding hydrogens is 285 g/mol. The van der Waals surface area contributed by atoms with Crippen LogP contribution in [0.2, 0.25) is 0 Å². The standard InChI is InChI=1S/C13H17F3N4O/c1-7-2-3-8(12(18)21)6-20(7)11-5-9(13(14,15)16)4-10(17)19-11/h4-5,7-8H,2-3,6H2,1H3,(H2,17,19)(H2,18,21). The van der Waals surface area contributed by atoms with Gasteiger partial charge in [0, 0.05) is 12.6 Å². The van der Waals surface area contributed by atoms with Gasteiger partial charge in [-0.3, -0.25) is 4.79 Å². The van der Waals surface area contributed by atoms with Crippen molar-refractivity contribution in [1.29, 1.82) is 0 Å². The molecule has 1 fully saturated rings. The molecule has 8 heteroatoms. The van der Waals surface area contributed by atoms with Gasteiger partial charge in [0.2, 0.25) is 5.91 Å². The van der Waals surface area contributed by atoms with Crippen LogP contribution in [-0.4, -0.2) is 23.5 Å². The van der Waals surface area contributed by atoms with Crippen molar-refractivity contribution in [3.63, 3.8) is 0 Å². The van der Waals surface area contributed by atoms with Gasteiger partial charge >= 0.3 is 6.18 Å². The Bertz CT molecular complexity index is 547. The van der Waals surface area contributed by atoms with E-state index in [9.17, 15) is 18.0 Å². The summed E-state index contributed by atoms with van der Waals surface area (Å²) in [4.78, 5) is 16.9. The van der Waals surface area contributed by atoms with Crippen LogP contribution < -0.4 is 16.4 Å². The maximum absolute atomic E-state index is 12.8. The van der Waals surface area contributed by atoms with E-state index in [1.165, 1.54) is 0 Å². The van der Waals surface area contributed by atoms with Crippen LogP contribution in [0, 0.1) is 5.92 Å². The number of halogens is 3. The van der Waals surface area contributed by atoms with Crippen molar-refractivity contribution in [3.8, 4) is 0 Å². The summed E-state index contributed by atoms with van der Waals surface area (Å²) in [6.45, 7) is 2.12. The first-order valence-corrected chi connectivity index (χ1v) is 6.59. The lowest BCUT2D eigenvalue weighted by Gasteiger charge is -2.38. The van der Waals surface area contributed by atoms with Crippen molar-refractivity contribution in [2.24, 2.45) is 11.7 Å². The van der Waals surface area contributed by atoms with E-state index in [1.807, 2.05) is 6.92 Å². The molecule has 0 aromatic carbocycles. The second-order valence-corrected chi connectivity index (χ2v) is 5.31. The molecule has 21 heavy (non-hydrogen) atoms. The van der Waals surface area contributed by atoms with Crippen LogP contribution in [0.25, 0.3) is 0 Å². The van der Waals surface area contributed by atoms with E-state index in [0.29, 0.717) is 12.8 Å². The number of aromatic nitrogens is 1. The molecule has 1 aromatic heterocycles. The Morgan fingerprint density at radius 1 is 1.38 bits per heavy atom. The Morgan fingerprint density at radius 3 is 2.62 bits per heavy atom. The molecule has 2 heterocycles. The van der Waals surface area contributed by atoms with E-state index in [0.717, 1.165) is 12.1 Å². The Morgan fingerprint density at radius 2 is 2.05 bits per heavy atom. The van der Waals surface area contributed by atoms with Crippen LogP contribution in [0.5, 0.6) is 0 Å². The predicted molar refractivity (Wildman–Crippen MR) is 72.4 cm³/mol. The van der Waals surface area contributed by atoms with E-state index >= 15 is 0 Å². The molecule has 116 valence electrons. The zero-order valence-electron chi connectivity index (χ0n) is 11.5. The van der Waals surface area contributed by atoms with Gasteiger partial charge in [-0.2, -0.15) is 13.2 Å². The summed E-state index contributed by atoms with van der Waals surface area (Å²) in [5.41, 5.74) is 9.92. The third-order valence-electron chi connectivity index (χ3n) is 3.74. The van der Waals surface area contributed by atoms with Crippen molar-refractivity contribution < 1.29 is 18.0 Å². The number of anilines is 2. The van der Waals surface area contributed by atoms with Gasteiger partial charge < -0.3 is 16.4 Å². The third-order valence-corrected chi connectivity index (χ3v) is 3.74. The Labute approximate surface area is 120 Å². The highest BCUT2D eigenvalue weighted by Crippen LogP contribution is 2.34. The molecule has 0 spiro atoms. The van der Waals surface area contributed by atoms with E-state index in [1.54, 1.807) is 4.90 Å². The van der Waals surface area contributed by atoms with Crippen molar-refractivity contribution in [3.05, 3.63) is 17.7 Å². The van der Waals surface area contributed by atoms with Crippen LogP contribution in [0.1, 0.15) is 25.3 Å². The zero-order valence-corrected chi connectivity index (χ0v) is 11.5. The second-order valence-electron chi connectivity index (χ2n) is 5.31. The Hall–Kier alpha value is -1.99. The van der Waals surface area contributed by atoms with Gasteiger partial charge in [-0.25, -0.2) is 4.98 Å². The van der Waals surface area contributed by atoms with Gasteiger partial charge in [-0.15, -0.1) is 0 Å². The van der Waals surface area contributed by atoms with Crippen molar-refractivity contribution >= 4 is 17.5 Å². The monoisotopic (exact) mass is 302 g/mol. The molecule has 0 radical (unpaired) electrons. The predicted octanol–water partition coefficient (Wildman–Crippen LogP) is 1.77. The van der Waals surface area contributed by atoms with Crippen LogP contribution >= 0.6 is 0 Å². The first-order valence-electron chi connectivity index (χ1n) is 6.59. The largest absolute Gasteiger partial charge is 0.416 e. The number of nitrogens with two attached hydrogens (primary N) is 2. The number of carbonyl (C=O) groups is 1. The number of hydrogen-bond acceptors (Lipinski definition) is 4. The molecule has 0 saturated carbocycles. The number of primary amides is 1. The number of nitrogens with zero attached hydrogens (tertiary/aromatic N) is 2. The molecule has 1 aliphatic heterocycles. The van der Waals surface area contributed by atoms with Crippen LogP contribution in [0.3, 0.4) is 0 Å². The van der Waals surface area contributed by atoms with E-state index in [4.69, 9.17) is 11.5 Å². The Kier molecular flexibility index (Phi) is 3.97. The van der Waals surface area contributed by atoms with E-state index in [-0.39, 0.29) is 24.2 Å². The van der Waals surface area contributed by atoms with Gasteiger partial charge in [-0.1, -0.05) is 0 Å². The highest BCUT2D eigenvalue weighted by atomic mass is 19.4. The number of amides is 1. The van der Waals surface area contributed by atoms with Gasteiger partial charge in [0.25, 0.3) is 0 Å². The molecule has 2 atom stereocenters. The quantitative estimate of drug-likeness (QED) is 0.872. The maximum Gasteiger partial charge on any atom is 0.416 e. The maximum atomic E-state index is 12.8. The number of nitrogen functional groups attached to an aromatic ring is 1. The number of pyridine rings is 1. The summed E-state index contributed by atoms with van der Waals surface area (Å²) >= 11 is 0. The fourth-order valence-electron chi connectivity index (χ4n) is 2.51. The smallest absolute Gasteiger partial charge is 0.384 e. The number of carbonyl (C=O) groups excluding carboxylic acids is 1. The molecule has 1 aliphatic rings. The van der Waals surface area contributed by atoms with Gasteiger partial charge in [0.1, 0.15) is 11.6 Å². The molecule has 4 N–H and O–H groups in total. The van der Waals surface area contributed by atoms with Gasteiger partial charge in [-0.05, 0) is 31.9 Å². The average Bonchev–Trinajstić information content (AvgIpc) is 2.37. The molecule has 5 nitrogen and oxygen atoms in total. The molecule has 1 amide bonds. The lowest BCUT2D eigenvalue weighted by molar-refractivity contribution is -0.137. The molecule has 2 rings (SSSR count). The Balaban J connectivity index is 2.35. The number of rotatable bonds is 2. The highest BCUT2D eigenvalue weighted by molar-refractivity contribution is 5.77. The fraction of sp³-hybridized carbons (Fsp3) is 0.538. The van der Waals surface area contributed by atoms with E-state index < -0.39 is 23.6 Å². The molecule has 0 aliphatic carbocycles. The summed E-state index contributed by atoms with van der Waals surface area (Å²) in [7, 11) is 0. The van der Waals surface area contributed by atoms with Crippen LogP contribution in [0.15, 0.2) is 12.1 Å². The molecule has 1 saturated heterocycles. The minimum atomic E-state index is -4.49. The average molecular weight is 302 g/mol. The van der Waals surface area contributed by atoms with Crippen molar-refractivity contribution in [1.82, 2.24) is 4.98 Å². The summed E-state index contributed by atoms with van der Waals surface area (Å²) in [6.07, 6.45) is -3.21. The lowest BCUT2D eigenvalue weighted by atomic mass is 9.93. The van der Waals surface area contributed by atoms with Gasteiger partial charge in [0.15, 0.2) is 0 Å². The summed E-state index contributed by atoms with van der Waals surface area (Å²) in [6, 6.07) is 1.72. The molecule has 0 bridgehead atoms. The minimum Gasteiger partial charge on any atom is -0.384 e. The van der Waals surface area contributed by atoms with Crippen LogP contribution in [0.4, 0.5) is 24.8 Å². The normalized spacial score (nSPS) is 23.1. The number of alkyl halides is 3. The fourth-order valence-corrected chi connectivity index (χ4v) is 2.51. The minimum absolute atomic E-state index is 0.0315. The molecule has 2 unspecified atom stereocenters. The first-order chi connectivity index (χ1) is 9.68. The van der Waals surface area contributed by atoms with Crippen molar-refractivity contribution in [2.75, 3.05) is 17.2 Å². The summed E-state index contributed by atoms with van der Waals surface area (Å²) < 4.78 is 38.5.